The van der Waals surface area contributed by atoms with Gasteiger partial charge in [0.05, 0.1) is 4.99 Å². The van der Waals surface area contributed by atoms with Crippen molar-refractivity contribution in [1.29, 1.82) is 0 Å². The van der Waals surface area contributed by atoms with Crippen molar-refractivity contribution in [1.82, 2.24) is 4.90 Å². The molecule has 0 unspecified atom stereocenters. The van der Waals surface area contributed by atoms with Crippen molar-refractivity contribution in [2.45, 2.75) is 19.3 Å². The quantitative estimate of drug-likeness (QED) is 0.829. The molecule has 2 rings (SSSR count). The van der Waals surface area contributed by atoms with Gasteiger partial charge in [0.1, 0.15) is 0 Å². The standard InChI is InChI=1S/C14H20N2S/c15-14(17)13-7-10-16(11-8-13)9-6-12-4-2-1-3-5-12/h1-5,13H,6-11H2,(H2,15,17). The number of rotatable bonds is 4. The van der Waals surface area contributed by atoms with Gasteiger partial charge < -0.3 is 10.6 Å². The maximum Gasteiger partial charge on any atom is 0.0759 e. The van der Waals surface area contributed by atoms with Crippen LogP contribution in [0.25, 0.3) is 0 Å². The van der Waals surface area contributed by atoms with E-state index in [9.17, 15) is 0 Å². The van der Waals surface area contributed by atoms with Crippen LogP contribution in [0.15, 0.2) is 30.3 Å². The van der Waals surface area contributed by atoms with Crippen LogP contribution in [0, 0.1) is 5.92 Å². The highest BCUT2D eigenvalue weighted by Gasteiger charge is 2.20. The van der Waals surface area contributed by atoms with Crippen LogP contribution < -0.4 is 5.73 Å². The van der Waals surface area contributed by atoms with Gasteiger partial charge in [-0.3, -0.25) is 0 Å². The monoisotopic (exact) mass is 248 g/mol. The third-order valence-corrected chi connectivity index (χ3v) is 3.88. The van der Waals surface area contributed by atoms with E-state index in [1.54, 1.807) is 0 Å². The third-order valence-electron chi connectivity index (χ3n) is 3.55. The summed E-state index contributed by atoms with van der Waals surface area (Å²) in [5.41, 5.74) is 7.11. The molecule has 2 nitrogen and oxygen atoms in total. The summed E-state index contributed by atoms with van der Waals surface area (Å²) in [5, 5.41) is 0. The summed E-state index contributed by atoms with van der Waals surface area (Å²) in [6.07, 6.45) is 3.40. The van der Waals surface area contributed by atoms with Crippen LogP contribution >= 0.6 is 12.2 Å². The zero-order valence-corrected chi connectivity index (χ0v) is 11.0. The number of benzene rings is 1. The molecule has 0 spiro atoms. The van der Waals surface area contributed by atoms with Crippen LogP contribution in [-0.2, 0) is 6.42 Å². The van der Waals surface area contributed by atoms with E-state index in [0.29, 0.717) is 10.9 Å². The van der Waals surface area contributed by atoms with Gasteiger partial charge >= 0.3 is 0 Å². The molecule has 2 N–H and O–H groups in total. The second kappa shape index (κ2) is 6.12. The van der Waals surface area contributed by atoms with Gasteiger partial charge in [0.15, 0.2) is 0 Å². The van der Waals surface area contributed by atoms with E-state index in [4.69, 9.17) is 18.0 Å². The van der Waals surface area contributed by atoms with Gasteiger partial charge in [-0.2, -0.15) is 0 Å². The van der Waals surface area contributed by atoms with E-state index in [2.05, 4.69) is 35.2 Å². The minimum absolute atomic E-state index is 0.470. The lowest BCUT2D eigenvalue weighted by molar-refractivity contribution is 0.212. The maximum atomic E-state index is 5.69. The molecule has 1 aromatic carbocycles. The van der Waals surface area contributed by atoms with Crippen molar-refractivity contribution in [3.05, 3.63) is 35.9 Å². The molecule has 0 amide bonds. The maximum absolute atomic E-state index is 5.69. The van der Waals surface area contributed by atoms with Crippen LogP contribution in [0.2, 0.25) is 0 Å². The molecular weight excluding hydrogens is 228 g/mol. The first-order valence-electron chi connectivity index (χ1n) is 6.31. The summed E-state index contributed by atoms with van der Waals surface area (Å²) >= 11 is 5.05. The van der Waals surface area contributed by atoms with Crippen molar-refractivity contribution < 1.29 is 0 Å². The van der Waals surface area contributed by atoms with Gasteiger partial charge in [-0.05, 0) is 37.9 Å². The van der Waals surface area contributed by atoms with E-state index in [-0.39, 0.29) is 0 Å². The second-order valence-corrected chi connectivity index (χ2v) is 5.23. The first-order chi connectivity index (χ1) is 8.25. The molecular formula is C14H20N2S. The van der Waals surface area contributed by atoms with Gasteiger partial charge in [-0.25, -0.2) is 0 Å². The Kier molecular flexibility index (Phi) is 4.51. The Morgan fingerprint density at radius 3 is 2.47 bits per heavy atom. The van der Waals surface area contributed by atoms with Crippen molar-refractivity contribution in [3.8, 4) is 0 Å². The van der Waals surface area contributed by atoms with Crippen molar-refractivity contribution >= 4 is 17.2 Å². The molecule has 1 aliphatic rings. The number of hydrogen-bond acceptors (Lipinski definition) is 2. The van der Waals surface area contributed by atoms with Crippen LogP contribution in [0.1, 0.15) is 18.4 Å². The van der Waals surface area contributed by atoms with Gasteiger partial charge in [0.25, 0.3) is 0 Å². The second-order valence-electron chi connectivity index (χ2n) is 4.75. The van der Waals surface area contributed by atoms with Gasteiger partial charge in [-0.1, -0.05) is 42.5 Å². The molecule has 1 aromatic rings. The summed E-state index contributed by atoms with van der Waals surface area (Å²) in [6.45, 7) is 3.41. The smallest absolute Gasteiger partial charge is 0.0759 e. The largest absolute Gasteiger partial charge is 0.393 e. The van der Waals surface area contributed by atoms with Crippen LogP contribution in [-0.4, -0.2) is 29.5 Å². The van der Waals surface area contributed by atoms with E-state index in [0.717, 1.165) is 38.9 Å². The first kappa shape index (κ1) is 12.5. The fourth-order valence-corrected chi connectivity index (χ4v) is 2.61. The number of nitrogens with zero attached hydrogens (tertiary/aromatic N) is 1. The lowest BCUT2D eigenvalue weighted by atomic mass is 9.96. The molecule has 1 saturated heterocycles. The number of nitrogens with two attached hydrogens (primary N) is 1. The Morgan fingerprint density at radius 1 is 1.24 bits per heavy atom. The minimum Gasteiger partial charge on any atom is -0.393 e. The Hall–Kier alpha value is -0.930. The highest BCUT2D eigenvalue weighted by atomic mass is 32.1. The van der Waals surface area contributed by atoms with Crippen LogP contribution in [0.5, 0.6) is 0 Å². The SMILES string of the molecule is NC(=S)C1CCN(CCc2ccccc2)CC1. The van der Waals surface area contributed by atoms with Crippen LogP contribution in [0.4, 0.5) is 0 Å². The van der Waals surface area contributed by atoms with E-state index < -0.39 is 0 Å². The molecule has 1 aliphatic heterocycles. The van der Waals surface area contributed by atoms with Crippen molar-refractivity contribution in [2.75, 3.05) is 19.6 Å². The summed E-state index contributed by atoms with van der Waals surface area (Å²) in [4.78, 5) is 3.22. The summed E-state index contributed by atoms with van der Waals surface area (Å²) < 4.78 is 0. The zero-order chi connectivity index (χ0) is 12.1. The summed E-state index contributed by atoms with van der Waals surface area (Å²) in [7, 11) is 0. The Bertz CT molecular complexity index is 356. The molecule has 0 aromatic heterocycles. The van der Waals surface area contributed by atoms with Crippen molar-refractivity contribution in [3.63, 3.8) is 0 Å². The van der Waals surface area contributed by atoms with Gasteiger partial charge in [0.2, 0.25) is 0 Å². The number of hydrogen-bond donors (Lipinski definition) is 1. The fraction of sp³-hybridized carbons (Fsp3) is 0.500. The lowest BCUT2D eigenvalue weighted by Gasteiger charge is -2.31. The molecule has 92 valence electrons. The third kappa shape index (κ3) is 3.79. The fourth-order valence-electron chi connectivity index (χ4n) is 2.37. The normalized spacial score (nSPS) is 18.1. The number of thiocarbonyl (C=S) groups is 1. The molecule has 0 saturated carbocycles. The molecule has 1 heterocycles. The summed E-state index contributed by atoms with van der Waals surface area (Å²) in [6, 6.07) is 10.7. The topological polar surface area (TPSA) is 29.3 Å². The Morgan fingerprint density at radius 2 is 1.88 bits per heavy atom. The van der Waals surface area contributed by atoms with Crippen molar-refractivity contribution in [2.24, 2.45) is 11.7 Å². The van der Waals surface area contributed by atoms with E-state index >= 15 is 0 Å². The Balaban J connectivity index is 1.74. The number of likely N-dealkylation sites (tertiary alicyclic amines) is 1. The Labute approximate surface area is 109 Å². The van der Waals surface area contributed by atoms with E-state index in [1.807, 2.05) is 0 Å². The predicted molar refractivity (Wildman–Crippen MR) is 76.1 cm³/mol. The minimum atomic E-state index is 0.470. The molecule has 3 heteroatoms. The lowest BCUT2D eigenvalue weighted by Crippen LogP contribution is -2.38. The molecule has 1 fully saturated rings. The average molecular weight is 248 g/mol. The molecule has 17 heavy (non-hydrogen) atoms. The predicted octanol–water partition coefficient (Wildman–Crippen LogP) is 2.23. The van der Waals surface area contributed by atoms with Crippen LogP contribution in [0.3, 0.4) is 0 Å². The zero-order valence-electron chi connectivity index (χ0n) is 10.1. The highest BCUT2D eigenvalue weighted by Crippen LogP contribution is 2.17. The molecule has 0 radical (unpaired) electrons. The van der Waals surface area contributed by atoms with E-state index in [1.165, 1.54) is 5.56 Å². The van der Waals surface area contributed by atoms with Gasteiger partial charge in [-0.15, -0.1) is 0 Å². The molecule has 0 bridgehead atoms. The number of piperidine rings is 1. The molecule has 0 atom stereocenters. The highest BCUT2D eigenvalue weighted by molar-refractivity contribution is 7.80. The first-order valence-corrected chi connectivity index (χ1v) is 6.72. The van der Waals surface area contributed by atoms with Gasteiger partial charge in [0, 0.05) is 12.5 Å². The summed E-state index contributed by atoms with van der Waals surface area (Å²) in [5.74, 6) is 0.470. The molecule has 0 aliphatic carbocycles. The average Bonchev–Trinajstić information content (AvgIpc) is 2.38.